The molecule has 18 heavy (non-hydrogen) atoms. The fraction of sp³-hybridized carbons (Fsp3) is 0.364. The van der Waals surface area contributed by atoms with Crippen LogP contribution < -0.4 is 10.9 Å². The molecule has 7 heteroatoms. The topological polar surface area (TPSA) is 99.9 Å². The number of rotatable bonds is 1. The van der Waals surface area contributed by atoms with E-state index in [4.69, 9.17) is 4.74 Å². The third kappa shape index (κ3) is 2.50. The molecule has 1 amide bonds. The molecule has 2 aromatic heterocycles. The monoisotopic (exact) mass is 250 g/mol. The Morgan fingerprint density at radius 1 is 1.44 bits per heavy atom. The second kappa shape index (κ2) is 4.17. The number of anilines is 1. The van der Waals surface area contributed by atoms with E-state index >= 15 is 0 Å². The maximum Gasteiger partial charge on any atom is 0.413 e. The van der Waals surface area contributed by atoms with Crippen LogP contribution in [0.3, 0.4) is 0 Å². The Balaban J connectivity index is 2.28. The van der Waals surface area contributed by atoms with E-state index in [-0.39, 0.29) is 11.4 Å². The van der Waals surface area contributed by atoms with E-state index in [0.29, 0.717) is 10.9 Å². The first kappa shape index (κ1) is 12.2. The Labute approximate surface area is 103 Å². The van der Waals surface area contributed by atoms with Gasteiger partial charge in [0, 0.05) is 6.20 Å². The zero-order chi connectivity index (χ0) is 13.3. The van der Waals surface area contributed by atoms with Crippen LogP contribution >= 0.6 is 0 Å². The van der Waals surface area contributed by atoms with E-state index in [9.17, 15) is 9.59 Å². The molecule has 2 heterocycles. The van der Waals surface area contributed by atoms with Gasteiger partial charge in [0.05, 0.1) is 5.52 Å². The number of hydrogen-bond donors (Lipinski definition) is 3. The third-order valence-corrected chi connectivity index (χ3v) is 2.11. The molecule has 0 aliphatic carbocycles. The number of nitrogens with one attached hydrogen (secondary N) is 3. The fourth-order valence-corrected chi connectivity index (χ4v) is 1.47. The van der Waals surface area contributed by atoms with Crippen LogP contribution in [0, 0.1) is 0 Å². The molecule has 7 nitrogen and oxygen atoms in total. The van der Waals surface area contributed by atoms with Gasteiger partial charge in [-0.25, -0.2) is 4.79 Å². The lowest BCUT2D eigenvalue weighted by molar-refractivity contribution is 0.0635. The van der Waals surface area contributed by atoms with Gasteiger partial charge in [-0.1, -0.05) is 0 Å². The molecular formula is C11H14N4O3. The summed E-state index contributed by atoms with van der Waals surface area (Å²) in [4.78, 5) is 25.7. The molecule has 0 unspecified atom stereocenters. The molecule has 96 valence electrons. The summed E-state index contributed by atoms with van der Waals surface area (Å²) >= 11 is 0. The van der Waals surface area contributed by atoms with Gasteiger partial charge in [-0.05, 0) is 26.8 Å². The number of hydrogen-bond acceptors (Lipinski definition) is 4. The molecule has 0 atom stereocenters. The van der Waals surface area contributed by atoms with Gasteiger partial charge < -0.3 is 9.72 Å². The number of fused-ring (bicyclic) bond motifs is 1. The Morgan fingerprint density at radius 3 is 2.83 bits per heavy atom. The normalized spacial score (nSPS) is 11.5. The number of carbonyl (C=O) groups is 1. The van der Waals surface area contributed by atoms with Crippen molar-refractivity contribution < 1.29 is 9.53 Å². The molecule has 0 aliphatic rings. The molecule has 0 aliphatic heterocycles. The van der Waals surface area contributed by atoms with Gasteiger partial charge in [0.25, 0.3) is 5.56 Å². The minimum atomic E-state index is -0.654. The maximum absolute atomic E-state index is 11.6. The van der Waals surface area contributed by atoms with Crippen LogP contribution in [-0.2, 0) is 4.74 Å². The fourth-order valence-electron chi connectivity index (χ4n) is 1.47. The van der Waals surface area contributed by atoms with E-state index in [1.165, 1.54) is 6.20 Å². The van der Waals surface area contributed by atoms with Crippen LogP contribution in [0.25, 0.3) is 10.9 Å². The highest BCUT2D eigenvalue weighted by Gasteiger charge is 2.18. The first-order valence-electron chi connectivity index (χ1n) is 5.42. The third-order valence-electron chi connectivity index (χ3n) is 2.11. The maximum atomic E-state index is 11.6. The SMILES string of the molecule is CC(C)(C)OC(=O)Nc1n[nH]c2cc[nH]c(=O)c12. The summed E-state index contributed by atoms with van der Waals surface area (Å²) in [5.74, 6) is 0.154. The Morgan fingerprint density at radius 2 is 2.17 bits per heavy atom. The zero-order valence-corrected chi connectivity index (χ0v) is 10.3. The minimum absolute atomic E-state index is 0.154. The van der Waals surface area contributed by atoms with E-state index in [2.05, 4.69) is 20.5 Å². The van der Waals surface area contributed by atoms with Crippen molar-refractivity contribution in [1.29, 1.82) is 0 Å². The second-order valence-corrected chi connectivity index (χ2v) is 4.79. The Hall–Kier alpha value is -2.31. The van der Waals surface area contributed by atoms with Gasteiger partial charge in [-0.3, -0.25) is 15.2 Å². The molecule has 2 aromatic rings. The van der Waals surface area contributed by atoms with E-state index in [0.717, 1.165) is 0 Å². The predicted molar refractivity (Wildman–Crippen MR) is 66.6 cm³/mol. The Kier molecular flexibility index (Phi) is 2.82. The zero-order valence-electron chi connectivity index (χ0n) is 10.3. The number of H-pyrrole nitrogens is 2. The van der Waals surface area contributed by atoms with Gasteiger partial charge >= 0.3 is 6.09 Å². The number of pyridine rings is 1. The van der Waals surface area contributed by atoms with Gasteiger partial charge in [0.1, 0.15) is 11.0 Å². The molecule has 0 spiro atoms. The van der Waals surface area contributed by atoms with Gasteiger partial charge in [0.2, 0.25) is 0 Å². The number of amides is 1. The molecule has 0 fully saturated rings. The largest absolute Gasteiger partial charge is 0.444 e. The van der Waals surface area contributed by atoms with Crippen LogP contribution in [0.5, 0.6) is 0 Å². The van der Waals surface area contributed by atoms with Crippen molar-refractivity contribution in [2.24, 2.45) is 0 Å². The number of aromatic nitrogens is 3. The van der Waals surface area contributed by atoms with Crippen molar-refractivity contribution in [3.63, 3.8) is 0 Å². The first-order valence-corrected chi connectivity index (χ1v) is 5.42. The lowest BCUT2D eigenvalue weighted by atomic mass is 10.2. The van der Waals surface area contributed by atoms with Crippen molar-refractivity contribution in [2.45, 2.75) is 26.4 Å². The van der Waals surface area contributed by atoms with Crippen molar-refractivity contribution in [3.8, 4) is 0 Å². The molecule has 0 bridgehead atoms. The lowest BCUT2D eigenvalue weighted by Gasteiger charge is -2.19. The van der Waals surface area contributed by atoms with Crippen molar-refractivity contribution in [3.05, 3.63) is 22.6 Å². The van der Waals surface area contributed by atoms with E-state index in [1.807, 2.05) is 0 Å². The minimum Gasteiger partial charge on any atom is -0.444 e. The number of aromatic amines is 2. The molecular weight excluding hydrogens is 236 g/mol. The average molecular weight is 250 g/mol. The smallest absolute Gasteiger partial charge is 0.413 e. The summed E-state index contributed by atoms with van der Waals surface area (Å²) in [6.07, 6.45) is 0.847. The van der Waals surface area contributed by atoms with E-state index < -0.39 is 11.7 Å². The van der Waals surface area contributed by atoms with Crippen molar-refractivity contribution in [2.75, 3.05) is 5.32 Å². The van der Waals surface area contributed by atoms with Gasteiger partial charge in [-0.15, -0.1) is 0 Å². The summed E-state index contributed by atoms with van der Waals surface area (Å²) < 4.78 is 5.08. The number of nitrogens with zero attached hydrogens (tertiary/aromatic N) is 1. The van der Waals surface area contributed by atoms with Crippen LogP contribution in [0.2, 0.25) is 0 Å². The number of ether oxygens (including phenoxy) is 1. The van der Waals surface area contributed by atoms with Gasteiger partial charge in [-0.2, -0.15) is 5.10 Å². The molecule has 2 rings (SSSR count). The first-order chi connectivity index (χ1) is 8.37. The summed E-state index contributed by atoms with van der Waals surface area (Å²) in [6.45, 7) is 5.26. The van der Waals surface area contributed by atoms with Gasteiger partial charge in [0.15, 0.2) is 5.82 Å². The second-order valence-electron chi connectivity index (χ2n) is 4.79. The average Bonchev–Trinajstić information content (AvgIpc) is 2.59. The Bertz CT molecular complexity index is 636. The molecule has 0 radical (unpaired) electrons. The summed E-state index contributed by atoms with van der Waals surface area (Å²) in [5, 5.41) is 9.26. The lowest BCUT2D eigenvalue weighted by Crippen LogP contribution is -2.27. The molecule has 0 aromatic carbocycles. The predicted octanol–water partition coefficient (Wildman–Crippen LogP) is 1.60. The standard InChI is InChI=1S/C11H14N4O3/c1-11(2,3)18-10(17)13-8-7-6(14-15-8)4-5-12-9(7)16/h4-5H,1-3H3,(H,12,16)(H2,13,14,15,17). The highest BCUT2D eigenvalue weighted by atomic mass is 16.6. The van der Waals surface area contributed by atoms with Crippen LogP contribution in [-0.4, -0.2) is 26.9 Å². The summed E-state index contributed by atoms with van der Waals surface area (Å²) in [5.41, 5.74) is -0.389. The van der Waals surface area contributed by atoms with E-state index in [1.54, 1.807) is 26.8 Å². The highest BCUT2D eigenvalue weighted by molar-refractivity contribution is 5.96. The molecule has 0 saturated carbocycles. The van der Waals surface area contributed by atoms with Crippen LogP contribution in [0.4, 0.5) is 10.6 Å². The number of carbonyl (C=O) groups excluding carboxylic acids is 1. The molecule has 0 saturated heterocycles. The summed E-state index contributed by atoms with van der Waals surface area (Å²) in [7, 11) is 0. The quantitative estimate of drug-likeness (QED) is 0.715. The van der Waals surface area contributed by atoms with Crippen LogP contribution in [0.1, 0.15) is 20.8 Å². The summed E-state index contributed by atoms with van der Waals surface area (Å²) in [6, 6.07) is 1.66. The van der Waals surface area contributed by atoms with Crippen molar-refractivity contribution in [1.82, 2.24) is 15.2 Å². The molecule has 3 N–H and O–H groups in total. The van der Waals surface area contributed by atoms with Crippen LogP contribution in [0.15, 0.2) is 17.1 Å². The van der Waals surface area contributed by atoms with Crippen molar-refractivity contribution >= 4 is 22.8 Å². The highest BCUT2D eigenvalue weighted by Crippen LogP contribution is 2.16.